The van der Waals surface area contributed by atoms with Crippen molar-refractivity contribution in [2.24, 2.45) is 0 Å². The van der Waals surface area contributed by atoms with Gasteiger partial charge in [-0.3, -0.25) is 41.2 Å². The Kier molecular flexibility index (Phi) is 10.3. The molecular weight excluding hydrogens is 524 g/mol. The minimum atomic E-state index is -0.375. The van der Waals surface area contributed by atoms with Crippen LogP contribution in [0, 0.1) is 6.92 Å². The zero-order valence-corrected chi connectivity index (χ0v) is 23.6. The fourth-order valence-electron chi connectivity index (χ4n) is 4.70. The second kappa shape index (κ2) is 14.9. The van der Waals surface area contributed by atoms with Gasteiger partial charge in [0.1, 0.15) is 5.75 Å². The van der Waals surface area contributed by atoms with E-state index in [-0.39, 0.29) is 18.1 Å². The number of hydrogen-bond donors (Lipinski definition) is 5. The third-order valence-corrected chi connectivity index (χ3v) is 6.79. The Hall–Kier alpha value is -4.54. The molecule has 0 spiro atoms. The topological polar surface area (TPSA) is 120 Å². The molecular formula is C33H36N8O. The molecule has 0 saturated heterocycles. The van der Waals surface area contributed by atoms with E-state index in [9.17, 15) is 5.11 Å². The molecule has 0 aliphatic heterocycles. The number of aromatic nitrogens is 4. The van der Waals surface area contributed by atoms with E-state index in [1.165, 1.54) is 0 Å². The highest BCUT2D eigenvalue weighted by Crippen LogP contribution is 2.33. The number of nitrogens with zero attached hydrogens (tertiary/aromatic N) is 4. The summed E-state index contributed by atoms with van der Waals surface area (Å²) in [6.07, 6.45) is 6.36. The summed E-state index contributed by atoms with van der Waals surface area (Å²) in [5.74, 6) is 0.194. The molecule has 0 atom stereocenters. The minimum Gasteiger partial charge on any atom is -0.507 e. The summed E-state index contributed by atoms with van der Waals surface area (Å²) in [5.41, 5.74) is 6.11. The van der Waals surface area contributed by atoms with Crippen molar-refractivity contribution in [3.63, 3.8) is 0 Å². The Labute approximate surface area is 246 Å². The maximum absolute atomic E-state index is 11.8. The quantitative estimate of drug-likeness (QED) is 0.126. The molecule has 0 fully saturated rings. The molecule has 0 saturated carbocycles. The van der Waals surface area contributed by atoms with Crippen molar-refractivity contribution in [2.45, 2.75) is 45.4 Å². The van der Waals surface area contributed by atoms with E-state index in [0.717, 1.165) is 39.5 Å². The van der Waals surface area contributed by atoms with Crippen molar-refractivity contribution in [3.05, 3.63) is 149 Å². The van der Waals surface area contributed by atoms with Crippen molar-refractivity contribution < 1.29 is 5.11 Å². The van der Waals surface area contributed by atoms with Gasteiger partial charge in [0.2, 0.25) is 0 Å². The van der Waals surface area contributed by atoms with Gasteiger partial charge in [-0.25, -0.2) is 0 Å². The van der Waals surface area contributed by atoms with E-state index in [1.54, 1.807) is 24.8 Å². The second-order valence-corrected chi connectivity index (χ2v) is 9.97. The Bertz CT molecular complexity index is 1310. The molecule has 0 unspecified atom stereocenters. The molecule has 9 heteroatoms. The lowest BCUT2D eigenvalue weighted by Gasteiger charge is -2.27. The number of aromatic hydroxyl groups is 1. The minimum absolute atomic E-state index is 0.194. The molecule has 214 valence electrons. The molecule has 9 nitrogen and oxygen atoms in total. The number of nitrogens with one attached hydrogen (secondary N) is 4. The highest BCUT2D eigenvalue weighted by molar-refractivity contribution is 5.46. The third kappa shape index (κ3) is 8.25. The van der Waals surface area contributed by atoms with Crippen LogP contribution in [-0.4, -0.2) is 25.0 Å². The Morgan fingerprint density at radius 1 is 0.524 bits per heavy atom. The first-order valence-electron chi connectivity index (χ1n) is 14.0. The fraction of sp³-hybridized carbons (Fsp3) is 0.212. The number of aryl methyl sites for hydroxylation is 1. The SMILES string of the molecule is Cc1cc(C(NCc2ccccn2)NCc2ccccn2)c(O)c(C(NCc2ccccn2)NCc2ccccn2)c1. The molecule has 0 aliphatic rings. The Morgan fingerprint density at radius 2 is 0.833 bits per heavy atom. The van der Waals surface area contributed by atoms with Crippen molar-refractivity contribution in [2.75, 3.05) is 0 Å². The summed E-state index contributed by atoms with van der Waals surface area (Å²) in [6, 6.07) is 27.4. The molecule has 42 heavy (non-hydrogen) atoms. The number of hydrogen-bond acceptors (Lipinski definition) is 9. The van der Waals surface area contributed by atoms with E-state index in [2.05, 4.69) is 41.2 Å². The lowest BCUT2D eigenvalue weighted by molar-refractivity contribution is 0.376. The summed E-state index contributed by atoms with van der Waals surface area (Å²) in [5, 5.41) is 26.0. The standard InChI is InChI=1S/C33H36N8O/c1-24-18-29(32(38-20-25-10-2-6-14-34-25)39-21-26-11-3-7-15-35-26)31(42)30(19-24)33(40-22-27-12-4-8-16-36-27)41-23-28-13-5-9-17-37-28/h2-19,32-33,38-42H,20-23H2,1H3. The average molecular weight is 561 g/mol. The summed E-state index contributed by atoms with van der Waals surface area (Å²) in [6.45, 7) is 4.10. The van der Waals surface area contributed by atoms with Crippen molar-refractivity contribution in [3.8, 4) is 5.75 Å². The van der Waals surface area contributed by atoms with Gasteiger partial charge in [0.15, 0.2) is 0 Å². The van der Waals surface area contributed by atoms with Gasteiger partial charge in [0, 0.05) is 62.1 Å². The number of pyridine rings is 4. The predicted molar refractivity (Wildman–Crippen MR) is 163 cm³/mol. The highest BCUT2D eigenvalue weighted by atomic mass is 16.3. The number of rotatable bonds is 14. The van der Waals surface area contributed by atoms with Gasteiger partial charge in [0.25, 0.3) is 0 Å². The zero-order chi connectivity index (χ0) is 29.0. The van der Waals surface area contributed by atoms with E-state index in [4.69, 9.17) is 0 Å². The van der Waals surface area contributed by atoms with Crippen molar-refractivity contribution in [1.82, 2.24) is 41.2 Å². The molecule has 5 rings (SSSR count). The zero-order valence-electron chi connectivity index (χ0n) is 23.6. The summed E-state index contributed by atoms with van der Waals surface area (Å²) in [7, 11) is 0. The van der Waals surface area contributed by atoms with Crippen LogP contribution in [0.15, 0.2) is 110 Å². The molecule has 4 heterocycles. The lowest BCUT2D eigenvalue weighted by Crippen LogP contribution is -2.36. The van der Waals surface area contributed by atoms with Gasteiger partial charge >= 0.3 is 0 Å². The van der Waals surface area contributed by atoms with E-state index >= 15 is 0 Å². The maximum Gasteiger partial charge on any atom is 0.127 e. The van der Waals surface area contributed by atoms with Crippen LogP contribution in [0.4, 0.5) is 0 Å². The molecule has 0 aliphatic carbocycles. The molecule has 5 N–H and O–H groups in total. The van der Waals surface area contributed by atoms with Crippen LogP contribution >= 0.6 is 0 Å². The van der Waals surface area contributed by atoms with Crippen LogP contribution < -0.4 is 21.3 Å². The third-order valence-electron chi connectivity index (χ3n) is 6.79. The fourth-order valence-corrected chi connectivity index (χ4v) is 4.70. The Morgan fingerprint density at radius 3 is 1.10 bits per heavy atom. The lowest BCUT2D eigenvalue weighted by atomic mass is 9.99. The second-order valence-electron chi connectivity index (χ2n) is 9.97. The summed E-state index contributed by atoms with van der Waals surface area (Å²) >= 11 is 0. The summed E-state index contributed by atoms with van der Waals surface area (Å²) < 4.78 is 0. The van der Waals surface area contributed by atoms with E-state index < -0.39 is 0 Å². The normalized spacial score (nSPS) is 11.3. The molecule has 4 aromatic heterocycles. The maximum atomic E-state index is 11.8. The monoisotopic (exact) mass is 560 g/mol. The molecule has 0 bridgehead atoms. The predicted octanol–water partition coefficient (Wildman–Crippen LogP) is 4.44. The van der Waals surface area contributed by atoms with Crippen LogP contribution in [0.2, 0.25) is 0 Å². The molecule has 0 amide bonds. The largest absolute Gasteiger partial charge is 0.507 e. The van der Waals surface area contributed by atoms with E-state index in [1.807, 2.05) is 91.9 Å². The molecule has 5 aromatic rings. The van der Waals surface area contributed by atoms with Gasteiger partial charge < -0.3 is 5.11 Å². The van der Waals surface area contributed by atoms with Gasteiger partial charge in [-0.2, -0.15) is 0 Å². The number of phenols is 1. The average Bonchev–Trinajstić information content (AvgIpc) is 3.04. The van der Waals surface area contributed by atoms with Crippen LogP contribution in [0.3, 0.4) is 0 Å². The van der Waals surface area contributed by atoms with Crippen molar-refractivity contribution in [1.29, 1.82) is 0 Å². The first-order chi connectivity index (χ1) is 20.7. The van der Waals surface area contributed by atoms with Crippen LogP contribution in [0.1, 0.15) is 51.8 Å². The van der Waals surface area contributed by atoms with Crippen LogP contribution in [0.25, 0.3) is 0 Å². The van der Waals surface area contributed by atoms with Gasteiger partial charge in [-0.1, -0.05) is 29.8 Å². The first-order valence-corrected chi connectivity index (χ1v) is 14.0. The summed E-state index contributed by atoms with van der Waals surface area (Å²) in [4.78, 5) is 17.8. The van der Waals surface area contributed by atoms with Crippen molar-refractivity contribution >= 4 is 0 Å². The van der Waals surface area contributed by atoms with E-state index in [0.29, 0.717) is 26.2 Å². The molecule has 0 radical (unpaired) electrons. The molecule has 1 aromatic carbocycles. The van der Waals surface area contributed by atoms with Gasteiger partial charge in [0.05, 0.1) is 35.1 Å². The number of phenolic OH excluding ortho intramolecular Hbond substituents is 1. The Balaban J connectivity index is 1.44. The number of benzene rings is 1. The highest BCUT2D eigenvalue weighted by Gasteiger charge is 2.23. The van der Waals surface area contributed by atoms with Crippen LogP contribution in [0.5, 0.6) is 5.75 Å². The van der Waals surface area contributed by atoms with Gasteiger partial charge in [-0.05, 0) is 67.6 Å². The first kappa shape index (κ1) is 29.0. The van der Waals surface area contributed by atoms with Crippen LogP contribution in [-0.2, 0) is 26.2 Å². The smallest absolute Gasteiger partial charge is 0.127 e. The van der Waals surface area contributed by atoms with Gasteiger partial charge in [-0.15, -0.1) is 0 Å².